The van der Waals surface area contributed by atoms with Crippen LogP contribution < -0.4 is 5.73 Å². The van der Waals surface area contributed by atoms with Gasteiger partial charge in [-0.05, 0) is 24.8 Å². The maximum Gasteiger partial charge on any atom is 0.358 e. The molecule has 2 N–H and O–H groups in total. The second-order valence-electron chi connectivity index (χ2n) is 3.94. The van der Waals surface area contributed by atoms with Crippen LogP contribution in [0, 0.1) is 5.92 Å². The number of carbonyl (C=O) groups excluding carboxylic acids is 1. The van der Waals surface area contributed by atoms with Gasteiger partial charge in [-0.1, -0.05) is 0 Å². The lowest BCUT2D eigenvalue weighted by molar-refractivity contribution is 0.0592. The molecule has 1 aromatic heterocycles. The van der Waals surface area contributed by atoms with E-state index in [-0.39, 0.29) is 5.97 Å². The molecule has 0 spiro atoms. The Labute approximate surface area is 88.2 Å². The Morgan fingerprint density at radius 1 is 1.80 bits per heavy atom. The summed E-state index contributed by atoms with van der Waals surface area (Å²) in [6, 6.07) is 0. The second-order valence-corrected chi connectivity index (χ2v) is 3.94. The molecule has 15 heavy (non-hydrogen) atoms. The van der Waals surface area contributed by atoms with Crippen molar-refractivity contribution in [1.29, 1.82) is 0 Å². The van der Waals surface area contributed by atoms with E-state index in [1.54, 1.807) is 11.7 Å². The lowest BCUT2D eigenvalue weighted by atomic mass is 10.1. The van der Waals surface area contributed by atoms with Crippen molar-refractivity contribution in [3.63, 3.8) is 0 Å². The highest BCUT2D eigenvalue weighted by Gasteiger charge is 2.40. The largest absolute Gasteiger partial charge is 0.464 e. The number of methoxy groups -OCH3 is 1. The number of ether oxygens (including phenoxy) is 1. The molecule has 0 aliphatic heterocycles. The number of hydrogen-bond donors (Lipinski definition) is 1. The molecular weight excluding hydrogens is 194 g/mol. The first-order valence-corrected chi connectivity index (χ1v) is 4.99. The highest BCUT2D eigenvalue weighted by Crippen LogP contribution is 2.47. The fourth-order valence-electron chi connectivity index (χ4n) is 1.92. The van der Waals surface area contributed by atoms with Crippen LogP contribution in [0.1, 0.15) is 28.4 Å². The predicted octanol–water partition coefficient (Wildman–Crippen LogP) is 0.269. The lowest BCUT2D eigenvalue weighted by Crippen LogP contribution is -2.07. The van der Waals surface area contributed by atoms with E-state index < -0.39 is 0 Å². The molecule has 0 radical (unpaired) electrons. The zero-order chi connectivity index (χ0) is 11.0. The number of carbonyl (C=O) groups is 1. The van der Waals surface area contributed by atoms with E-state index in [9.17, 15) is 4.79 Å². The summed E-state index contributed by atoms with van der Waals surface area (Å²) in [7, 11) is 3.17. The summed E-state index contributed by atoms with van der Waals surface area (Å²) in [4.78, 5) is 11.4. The first-order valence-electron chi connectivity index (χ1n) is 4.99. The molecule has 1 fully saturated rings. The Balaban J connectivity index is 2.27. The molecular formula is C10H15N3O2. The van der Waals surface area contributed by atoms with Gasteiger partial charge in [-0.2, -0.15) is 5.10 Å². The standard InChI is InChI=1S/C10H15N3O2/c1-13-5-8(7-3-6(7)4-11)9(12-13)10(14)15-2/h5-7H,3-4,11H2,1-2H3/t6-,7+/m0/s1. The van der Waals surface area contributed by atoms with E-state index in [4.69, 9.17) is 10.5 Å². The summed E-state index contributed by atoms with van der Waals surface area (Å²) in [5.74, 6) is 0.517. The van der Waals surface area contributed by atoms with Crippen LogP contribution in [0.25, 0.3) is 0 Å². The predicted molar refractivity (Wildman–Crippen MR) is 54.4 cm³/mol. The fraction of sp³-hybridized carbons (Fsp3) is 0.600. The maximum atomic E-state index is 11.4. The van der Waals surface area contributed by atoms with Crippen LogP contribution in [0.5, 0.6) is 0 Å². The van der Waals surface area contributed by atoms with Gasteiger partial charge in [0.05, 0.1) is 7.11 Å². The SMILES string of the molecule is COC(=O)c1nn(C)cc1[C@@H]1C[C@H]1CN. The second kappa shape index (κ2) is 3.66. The molecule has 2 rings (SSSR count). The van der Waals surface area contributed by atoms with Gasteiger partial charge in [0, 0.05) is 18.8 Å². The zero-order valence-electron chi connectivity index (χ0n) is 8.93. The fourth-order valence-corrected chi connectivity index (χ4v) is 1.92. The number of nitrogens with zero attached hydrogens (tertiary/aromatic N) is 2. The molecule has 1 aliphatic rings. The highest BCUT2D eigenvalue weighted by atomic mass is 16.5. The third-order valence-corrected chi connectivity index (χ3v) is 2.86. The summed E-state index contributed by atoms with van der Waals surface area (Å²) in [5, 5.41) is 4.11. The topological polar surface area (TPSA) is 70.1 Å². The van der Waals surface area contributed by atoms with Crippen molar-refractivity contribution < 1.29 is 9.53 Å². The smallest absolute Gasteiger partial charge is 0.358 e. The highest BCUT2D eigenvalue weighted by molar-refractivity contribution is 5.89. The Morgan fingerprint density at radius 3 is 3.07 bits per heavy atom. The summed E-state index contributed by atoms with van der Waals surface area (Å²) in [5.41, 5.74) is 6.99. The van der Waals surface area contributed by atoms with Crippen molar-refractivity contribution in [3.8, 4) is 0 Å². The molecule has 5 nitrogen and oxygen atoms in total. The van der Waals surface area contributed by atoms with Crippen LogP contribution in [-0.4, -0.2) is 29.4 Å². The zero-order valence-corrected chi connectivity index (χ0v) is 8.93. The molecule has 0 amide bonds. The Bertz CT molecular complexity index is 386. The minimum atomic E-state index is -0.367. The third kappa shape index (κ3) is 1.74. The van der Waals surface area contributed by atoms with E-state index in [1.165, 1.54) is 7.11 Å². The van der Waals surface area contributed by atoms with E-state index in [1.807, 2.05) is 6.20 Å². The molecule has 82 valence electrons. The molecule has 1 aliphatic carbocycles. The van der Waals surface area contributed by atoms with E-state index in [0.717, 1.165) is 12.0 Å². The van der Waals surface area contributed by atoms with E-state index in [2.05, 4.69) is 5.10 Å². The van der Waals surface area contributed by atoms with Gasteiger partial charge in [0.1, 0.15) is 0 Å². The van der Waals surface area contributed by atoms with Crippen molar-refractivity contribution in [2.75, 3.05) is 13.7 Å². The van der Waals surface area contributed by atoms with Crippen molar-refractivity contribution in [2.45, 2.75) is 12.3 Å². The van der Waals surface area contributed by atoms with Gasteiger partial charge < -0.3 is 10.5 Å². The molecule has 1 aromatic rings. The minimum absolute atomic E-state index is 0.367. The number of hydrogen-bond acceptors (Lipinski definition) is 4. The maximum absolute atomic E-state index is 11.4. The number of nitrogens with two attached hydrogens (primary N) is 1. The number of esters is 1. The molecule has 2 atom stereocenters. The molecule has 0 bridgehead atoms. The molecule has 0 unspecified atom stereocenters. The molecule has 0 saturated heterocycles. The third-order valence-electron chi connectivity index (χ3n) is 2.86. The Kier molecular flexibility index (Phi) is 2.48. The van der Waals surface area contributed by atoms with Crippen molar-refractivity contribution in [3.05, 3.63) is 17.5 Å². The normalized spacial score (nSPS) is 23.9. The average Bonchev–Trinajstić information content (AvgIpc) is 2.93. The van der Waals surface area contributed by atoms with Gasteiger partial charge in [-0.3, -0.25) is 4.68 Å². The lowest BCUT2D eigenvalue weighted by Gasteiger charge is -1.98. The molecule has 5 heteroatoms. The Hall–Kier alpha value is -1.36. The van der Waals surface area contributed by atoms with Crippen molar-refractivity contribution in [1.82, 2.24) is 9.78 Å². The molecule has 1 saturated carbocycles. The van der Waals surface area contributed by atoms with E-state index >= 15 is 0 Å². The number of aryl methyl sites for hydroxylation is 1. The average molecular weight is 209 g/mol. The van der Waals surface area contributed by atoms with Gasteiger partial charge in [-0.25, -0.2) is 4.79 Å². The molecule has 1 heterocycles. The first kappa shape index (κ1) is 10.2. The number of rotatable bonds is 3. The first-order chi connectivity index (χ1) is 7.17. The van der Waals surface area contributed by atoms with Gasteiger partial charge >= 0.3 is 5.97 Å². The van der Waals surface area contributed by atoms with Gasteiger partial charge in [0.2, 0.25) is 0 Å². The van der Waals surface area contributed by atoms with Crippen molar-refractivity contribution in [2.24, 2.45) is 18.7 Å². The quantitative estimate of drug-likeness (QED) is 0.725. The molecule has 0 aromatic carbocycles. The van der Waals surface area contributed by atoms with Gasteiger partial charge in [-0.15, -0.1) is 0 Å². The van der Waals surface area contributed by atoms with Gasteiger partial charge in [0.15, 0.2) is 5.69 Å². The summed E-state index contributed by atoms with van der Waals surface area (Å²) in [6.45, 7) is 0.667. The van der Waals surface area contributed by atoms with Crippen LogP contribution in [0.2, 0.25) is 0 Å². The van der Waals surface area contributed by atoms with Crippen LogP contribution >= 0.6 is 0 Å². The van der Waals surface area contributed by atoms with Crippen LogP contribution in [0.15, 0.2) is 6.20 Å². The van der Waals surface area contributed by atoms with Crippen LogP contribution in [0.4, 0.5) is 0 Å². The van der Waals surface area contributed by atoms with Crippen LogP contribution in [0.3, 0.4) is 0 Å². The summed E-state index contributed by atoms with van der Waals surface area (Å²) >= 11 is 0. The van der Waals surface area contributed by atoms with Gasteiger partial charge in [0.25, 0.3) is 0 Å². The number of aromatic nitrogens is 2. The van der Waals surface area contributed by atoms with E-state index in [0.29, 0.717) is 24.1 Å². The van der Waals surface area contributed by atoms with Crippen LogP contribution in [-0.2, 0) is 11.8 Å². The summed E-state index contributed by atoms with van der Waals surface area (Å²) < 4.78 is 6.34. The summed E-state index contributed by atoms with van der Waals surface area (Å²) in [6.07, 6.45) is 2.93. The Morgan fingerprint density at radius 2 is 2.53 bits per heavy atom. The monoisotopic (exact) mass is 209 g/mol. The minimum Gasteiger partial charge on any atom is -0.464 e. The van der Waals surface area contributed by atoms with Crippen molar-refractivity contribution >= 4 is 5.97 Å².